The zero-order valence-corrected chi connectivity index (χ0v) is 12.7. The molecule has 0 fully saturated rings. The van der Waals surface area contributed by atoms with Gasteiger partial charge in [0.05, 0.1) is 0 Å². The molecule has 0 amide bonds. The molecule has 1 aromatic heterocycles. The molecule has 1 nitrogen and oxygen atoms in total. The van der Waals surface area contributed by atoms with Gasteiger partial charge in [0, 0.05) is 25.2 Å². The molecule has 1 heteroatoms. The highest BCUT2D eigenvalue weighted by atomic mass is 14.6. The number of aromatic nitrogens is 1. The standard InChI is InChI=1S/C5H5N.2C5H8.C2H6/c1-2-4-6-5-3-1;2*1-3-5-4-2;1-2/h1-5H;2*3H2,1-2H3;1-2H3. The highest BCUT2D eigenvalue weighted by molar-refractivity contribution is 4.93. The Bertz CT molecular complexity index is 273. The first-order valence-corrected chi connectivity index (χ1v) is 6.47. The number of pyridine rings is 1. The third-order valence-corrected chi connectivity index (χ3v) is 1.27. The smallest absolute Gasteiger partial charge is 0.0267 e. The third-order valence-electron chi connectivity index (χ3n) is 1.27. The lowest BCUT2D eigenvalue weighted by atomic mass is 10.5. The lowest BCUT2D eigenvalue weighted by molar-refractivity contribution is 1.28. The molecule has 1 rings (SSSR count). The zero-order valence-electron chi connectivity index (χ0n) is 12.7. The Morgan fingerprint density at radius 1 is 0.778 bits per heavy atom. The van der Waals surface area contributed by atoms with Gasteiger partial charge in [0.15, 0.2) is 0 Å². The molecule has 0 saturated carbocycles. The number of hydrogen-bond donors (Lipinski definition) is 0. The van der Waals surface area contributed by atoms with Crippen LogP contribution in [0.25, 0.3) is 0 Å². The fourth-order valence-corrected chi connectivity index (χ4v) is 0.666. The van der Waals surface area contributed by atoms with Gasteiger partial charge in [-0.15, -0.1) is 23.7 Å². The van der Waals surface area contributed by atoms with Crippen LogP contribution in [0.4, 0.5) is 0 Å². The normalized spacial score (nSPS) is 5.89. The molecule has 0 saturated heterocycles. The Kier molecular flexibility index (Phi) is 35.3. The second-order valence-electron chi connectivity index (χ2n) is 2.59. The SMILES string of the molecule is CC.CC#CCC.CC#CCC.c1ccncc1. The van der Waals surface area contributed by atoms with Crippen LogP contribution in [-0.2, 0) is 0 Å². The molecule has 0 aliphatic heterocycles. The zero-order chi connectivity index (χ0) is 14.5. The van der Waals surface area contributed by atoms with E-state index in [2.05, 4.69) is 28.7 Å². The van der Waals surface area contributed by atoms with Gasteiger partial charge in [-0.3, -0.25) is 4.98 Å². The Hall–Kier alpha value is -1.73. The Labute approximate surface area is 114 Å². The molecular formula is C17H27N. The molecule has 0 aliphatic rings. The van der Waals surface area contributed by atoms with E-state index in [-0.39, 0.29) is 0 Å². The summed E-state index contributed by atoms with van der Waals surface area (Å²) < 4.78 is 0. The lowest BCUT2D eigenvalue weighted by Crippen LogP contribution is -1.58. The monoisotopic (exact) mass is 245 g/mol. The van der Waals surface area contributed by atoms with Gasteiger partial charge in [0.25, 0.3) is 0 Å². The van der Waals surface area contributed by atoms with E-state index in [1.807, 2.05) is 59.7 Å². The summed E-state index contributed by atoms with van der Waals surface area (Å²) in [5.74, 6) is 11.3. The number of nitrogens with zero attached hydrogens (tertiary/aromatic N) is 1. The average molecular weight is 245 g/mol. The van der Waals surface area contributed by atoms with Gasteiger partial charge in [-0.1, -0.05) is 33.8 Å². The molecule has 0 spiro atoms. The van der Waals surface area contributed by atoms with Gasteiger partial charge in [-0.2, -0.15) is 0 Å². The molecule has 0 aliphatic carbocycles. The third kappa shape index (κ3) is 36.7. The van der Waals surface area contributed by atoms with Crippen LogP contribution in [0.5, 0.6) is 0 Å². The van der Waals surface area contributed by atoms with Crippen LogP contribution >= 0.6 is 0 Å². The van der Waals surface area contributed by atoms with Gasteiger partial charge in [-0.25, -0.2) is 0 Å². The molecular weight excluding hydrogens is 218 g/mol. The molecule has 0 unspecified atom stereocenters. The topological polar surface area (TPSA) is 12.9 Å². The summed E-state index contributed by atoms with van der Waals surface area (Å²) in [5, 5.41) is 0. The lowest BCUT2D eigenvalue weighted by Gasteiger charge is -1.70. The van der Waals surface area contributed by atoms with Crippen LogP contribution in [0.15, 0.2) is 30.6 Å². The summed E-state index contributed by atoms with van der Waals surface area (Å²) in [4.78, 5) is 3.78. The minimum Gasteiger partial charge on any atom is -0.265 e. The Morgan fingerprint density at radius 2 is 1.17 bits per heavy atom. The van der Waals surface area contributed by atoms with Crippen LogP contribution in [0, 0.1) is 23.7 Å². The quantitative estimate of drug-likeness (QED) is 0.589. The minimum atomic E-state index is 0.983. The van der Waals surface area contributed by atoms with Gasteiger partial charge in [-0.05, 0) is 26.0 Å². The second-order valence-corrected chi connectivity index (χ2v) is 2.59. The molecule has 0 atom stereocenters. The molecule has 100 valence electrons. The Morgan fingerprint density at radius 3 is 1.22 bits per heavy atom. The van der Waals surface area contributed by atoms with Gasteiger partial charge < -0.3 is 0 Å². The molecule has 1 heterocycles. The van der Waals surface area contributed by atoms with E-state index < -0.39 is 0 Å². The van der Waals surface area contributed by atoms with Gasteiger partial charge in [0.2, 0.25) is 0 Å². The van der Waals surface area contributed by atoms with Crippen LogP contribution in [0.3, 0.4) is 0 Å². The van der Waals surface area contributed by atoms with E-state index in [9.17, 15) is 0 Å². The van der Waals surface area contributed by atoms with Crippen molar-refractivity contribution in [1.29, 1.82) is 0 Å². The van der Waals surface area contributed by atoms with Crippen LogP contribution < -0.4 is 0 Å². The summed E-state index contributed by atoms with van der Waals surface area (Å²) >= 11 is 0. The van der Waals surface area contributed by atoms with Crippen molar-refractivity contribution in [2.75, 3.05) is 0 Å². The molecule has 0 aromatic carbocycles. The van der Waals surface area contributed by atoms with E-state index >= 15 is 0 Å². The largest absolute Gasteiger partial charge is 0.265 e. The fourth-order valence-electron chi connectivity index (χ4n) is 0.666. The van der Waals surface area contributed by atoms with Gasteiger partial charge >= 0.3 is 0 Å². The van der Waals surface area contributed by atoms with E-state index in [4.69, 9.17) is 0 Å². The first-order chi connectivity index (χ1) is 8.83. The van der Waals surface area contributed by atoms with E-state index in [1.54, 1.807) is 12.4 Å². The van der Waals surface area contributed by atoms with E-state index in [1.165, 1.54) is 0 Å². The highest BCUT2D eigenvalue weighted by Gasteiger charge is 1.58. The summed E-state index contributed by atoms with van der Waals surface area (Å²) in [5.41, 5.74) is 0. The molecule has 18 heavy (non-hydrogen) atoms. The highest BCUT2D eigenvalue weighted by Crippen LogP contribution is 1.73. The summed E-state index contributed by atoms with van der Waals surface area (Å²) in [6, 6.07) is 5.72. The average Bonchev–Trinajstić information content (AvgIpc) is 2.46. The predicted octanol–water partition coefficient (Wildman–Crippen LogP) is 4.95. The van der Waals surface area contributed by atoms with Gasteiger partial charge in [0.1, 0.15) is 0 Å². The fraction of sp³-hybridized carbons (Fsp3) is 0.471. The van der Waals surface area contributed by atoms with Crippen molar-refractivity contribution in [2.45, 2.75) is 54.4 Å². The van der Waals surface area contributed by atoms with Crippen LogP contribution in [0.1, 0.15) is 54.4 Å². The first-order valence-electron chi connectivity index (χ1n) is 6.47. The van der Waals surface area contributed by atoms with Crippen molar-refractivity contribution in [3.05, 3.63) is 30.6 Å². The van der Waals surface area contributed by atoms with Crippen molar-refractivity contribution in [1.82, 2.24) is 4.98 Å². The summed E-state index contributed by atoms with van der Waals surface area (Å²) in [6.45, 7) is 11.8. The van der Waals surface area contributed by atoms with Crippen molar-refractivity contribution in [2.24, 2.45) is 0 Å². The molecule has 0 bridgehead atoms. The number of rotatable bonds is 0. The van der Waals surface area contributed by atoms with Crippen molar-refractivity contribution >= 4 is 0 Å². The Balaban J connectivity index is -0.000000177. The van der Waals surface area contributed by atoms with Crippen LogP contribution in [0.2, 0.25) is 0 Å². The predicted molar refractivity (Wildman–Crippen MR) is 83.1 cm³/mol. The summed E-state index contributed by atoms with van der Waals surface area (Å²) in [6.07, 6.45) is 5.47. The maximum Gasteiger partial charge on any atom is 0.0267 e. The van der Waals surface area contributed by atoms with E-state index in [0.29, 0.717) is 0 Å². The van der Waals surface area contributed by atoms with E-state index in [0.717, 1.165) is 12.8 Å². The molecule has 0 radical (unpaired) electrons. The van der Waals surface area contributed by atoms with Crippen LogP contribution in [-0.4, -0.2) is 4.98 Å². The maximum absolute atomic E-state index is 3.78. The maximum atomic E-state index is 3.78. The second kappa shape index (κ2) is 29.5. The number of hydrogen-bond acceptors (Lipinski definition) is 1. The first kappa shape index (κ1) is 21.5. The molecule has 1 aromatic rings. The van der Waals surface area contributed by atoms with Crippen molar-refractivity contribution in [3.8, 4) is 23.7 Å². The van der Waals surface area contributed by atoms with Crippen molar-refractivity contribution in [3.63, 3.8) is 0 Å². The minimum absolute atomic E-state index is 0.983. The summed E-state index contributed by atoms with van der Waals surface area (Å²) in [7, 11) is 0. The molecule has 0 N–H and O–H groups in total. The van der Waals surface area contributed by atoms with Crippen molar-refractivity contribution < 1.29 is 0 Å².